The number of anilines is 2. The van der Waals surface area contributed by atoms with Crippen LogP contribution in [0, 0.1) is 34.5 Å². The first-order valence-corrected chi connectivity index (χ1v) is 11.7. The predicted octanol–water partition coefficient (Wildman–Crippen LogP) is 3.96. The molecule has 4 N–H and O–H groups in total. The molecule has 0 radical (unpaired) electrons. The van der Waals surface area contributed by atoms with Gasteiger partial charge in [0.1, 0.15) is 17.5 Å². The molecule has 6 rings (SSSR count). The lowest BCUT2D eigenvalue weighted by Crippen LogP contribution is -2.58. The molecular formula is C25H32N6. The number of nitrogens with two attached hydrogens (primary N) is 1. The summed E-state index contributed by atoms with van der Waals surface area (Å²) in [4.78, 5) is 8.98. The van der Waals surface area contributed by atoms with Crippen molar-refractivity contribution in [1.29, 1.82) is 5.26 Å². The fraction of sp³-hybridized carbons (Fsp3) is 0.560. The lowest BCUT2D eigenvalue weighted by atomic mass is 9.48. The molecule has 4 fully saturated rings. The van der Waals surface area contributed by atoms with Gasteiger partial charge >= 0.3 is 0 Å². The van der Waals surface area contributed by atoms with Crippen LogP contribution in [0.25, 0.3) is 0 Å². The number of nitriles is 1. The molecule has 4 saturated carbocycles. The van der Waals surface area contributed by atoms with Gasteiger partial charge in [-0.15, -0.1) is 0 Å². The number of nitrogens with one attached hydrogen (secondary N) is 2. The Bertz CT molecular complexity index is 936. The third kappa shape index (κ3) is 4.24. The van der Waals surface area contributed by atoms with Gasteiger partial charge in [0.05, 0.1) is 6.20 Å². The summed E-state index contributed by atoms with van der Waals surface area (Å²) in [7, 11) is 0. The van der Waals surface area contributed by atoms with E-state index < -0.39 is 0 Å². The molecule has 4 bridgehead atoms. The summed E-state index contributed by atoms with van der Waals surface area (Å²) in [5, 5.41) is 16.4. The molecule has 4 aliphatic rings. The first kappa shape index (κ1) is 20.3. The summed E-state index contributed by atoms with van der Waals surface area (Å²) < 4.78 is 0. The monoisotopic (exact) mass is 416 g/mol. The van der Waals surface area contributed by atoms with Crippen molar-refractivity contribution in [2.24, 2.45) is 28.9 Å². The van der Waals surface area contributed by atoms with Crippen molar-refractivity contribution in [2.45, 2.75) is 51.0 Å². The van der Waals surface area contributed by atoms with Gasteiger partial charge in [-0.2, -0.15) is 10.2 Å². The fourth-order valence-electron chi connectivity index (χ4n) is 6.54. The average Bonchev–Trinajstić information content (AvgIpc) is 2.79. The highest BCUT2D eigenvalue weighted by molar-refractivity contribution is 5.53. The molecule has 0 amide bonds. The zero-order valence-electron chi connectivity index (χ0n) is 18.1. The lowest BCUT2D eigenvalue weighted by molar-refractivity contribution is -0.0591. The average molecular weight is 417 g/mol. The number of aryl methyl sites for hydroxylation is 1. The summed E-state index contributed by atoms with van der Waals surface area (Å²) in [6, 6.07) is 13.1. The van der Waals surface area contributed by atoms with Crippen molar-refractivity contribution in [1.82, 2.24) is 9.97 Å². The maximum Gasteiger partial charge on any atom is 0.224 e. The van der Waals surface area contributed by atoms with Crippen molar-refractivity contribution in [3.8, 4) is 6.07 Å². The number of rotatable bonds is 8. The molecule has 0 aliphatic heterocycles. The van der Waals surface area contributed by atoms with Crippen LogP contribution in [0.2, 0.25) is 0 Å². The first-order valence-electron chi connectivity index (χ1n) is 11.7. The Morgan fingerprint density at radius 2 is 1.87 bits per heavy atom. The number of benzene rings is 1. The number of nitrogens with zero attached hydrogens (tertiary/aromatic N) is 3. The van der Waals surface area contributed by atoms with Gasteiger partial charge in [-0.05, 0) is 73.7 Å². The number of hydrogen-bond acceptors (Lipinski definition) is 6. The molecule has 3 unspecified atom stereocenters. The van der Waals surface area contributed by atoms with Gasteiger partial charge in [-0.1, -0.05) is 30.3 Å². The Balaban J connectivity index is 1.20. The molecule has 6 nitrogen and oxygen atoms in total. The smallest absolute Gasteiger partial charge is 0.224 e. The molecule has 5 atom stereocenters. The standard InChI is InChI=1S/C25H32N6/c26-14-21-15-29-24(28-8-4-7-17-5-2-1-3-6-17)31-23(21)30-16-25-11-18-9-19(12-25)22(27)20(10-18)13-25/h1-3,5-6,15,18-20,22H,4,7-13,16,27H2,(H2,28,29,30,31)/t18?,19-,20+,22?,25?. The Kier molecular flexibility index (Phi) is 5.54. The van der Waals surface area contributed by atoms with Crippen LogP contribution in [0.4, 0.5) is 11.8 Å². The van der Waals surface area contributed by atoms with E-state index in [0.717, 1.165) is 31.8 Å². The van der Waals surface area contributed by atoms with Crippen LogP contribution in [-0.2, 0) is 6.42 Å². The van der Waals surface area contributed by atoms with Gasteiger partial charge in [-0.3, -0.25) is 0 Å². The van der Waals surface area contributed by atoms with E-state index in [4.69, 9.17) is 5.73 Å². The molecule has 1 aromatic heterocycles. The third-order valence-electron chi connectivity index (χ3n) is 7.78. The molecule has 2 aromatic rings. The second kappa shape index (κ2) is 8.47. The van der Waals surface area contributed by atoms with Crippen LogP contribution in [0.15, 0.2) is 36.5 Å². The molecular weight excluding hydrogens is 384 g/mol. The normalized spacial score (nSPS) is 30.7. The van der Waals surface area contributed by atoms with E-state index in [9.17, 15) is 5.26 Å². The molecule has 1 heterocycles. The minimum Gasteiger partial charge on any atom is -0.368 e. The number of hydrogen-bond donors (Lipinski definition) is 3. The van der Waals surface area contributed by atoms with E-state index in [1.165, 1.54) is 37.7 Å². The van der Waals surface area contributed by atoms with Crippen LogP contribution in [-0.4, -0.2) is 29.1 Å². The highest BCUT2D eigenvalue weighted by Crippen LogP contribution is 2.59. The van der Waals surface area contributed by atoms with E-state index in [1.54, 1.807) is 6.20 Å². The minimum absolute atomic E-state index is 0.313. The maximum atomic E-state index is 9.54. The summed E-state index contributed by atoms with van der Waals surface area (Å²) in [5.41, 5.74) is 8.66. The first-order chi connectivity index (χ1) is 15.1. The second-order valence-corrected chi connectivity index (χ2v) is 9.98. The van der Waals surface area contributed by atoms with E-state index in [2.05, 4.69) is 50.9 Å². The highest BCUT2D eigenvalue weighted by Gasteiger charge is 2.54. The minimum atomic E-state index is 0.313. The van der Waals surface area contributed by atoms with Crippen molar-refractivity contribution in [3.63, 3.8) is 0 Å². The Labute approximate surface area is 184 Å². The largest absolute Gasteiger partial charge is 0.368 e. The van der Waals surface area contributed by atoms with Crippen LogP contribution in [0.1, 0.15) is 49.7 Å². The summed E-state index contributed by atoms with van der Waals surface area (Å²) in [6.07, 6.45) is 9.99. The topological polar surface area (TPSA) is 99.6 Å². The summed E-state index contributed by atoms with van der Waals surface area (Å²) in [6.45, 7) is 1.68. The summed E-state index contributed by atoms with van der Waals surface area (Å²) in [5.74, 6) is 3.43. The van der Waals surface area contributed by atoms with Crippen LogP contribution >= 0.6 is 0 Å². The fourth-order valence-corrected chi connectivity index (χ4v) is 6.54. The van der Waals surface area contributed by atoms with Crippen molar-refractivity contribution in [2.75, 3.05) is 23.7 Å². The van der Waals surface area contributed by atoms with Crippen molar-refractivity contribution in [3.05, 3.63) is 47.7 Å². The quantitative estimate of drug-likeness (QED) is 0.563. The second-order valence-electron chi connectivity index (χ2n) is 9.98. The van der Waals surface area contributed by atoms with E-state index in [1.807, 2.05) is 6.07 Å². The van der Waals surface area contributed by atoms with Gasteiger partial charge in [-0.25, -0.2) is 4.98 Å². The van der Waals surface area contributed by atoms with Crippen LogP contribution in [0.5, 0.6) is 0 Å². The summed E-state index contributed by atoms with van der Waals surface area (Å²) >= 11 is 0. The molecule has 31 heavy (non-hydrogen) atoms. The van der Waals surface area contributed by atoms with Crippen LogP contribution < -0.4 is 16.4 Å². The molecule has 4 aliphatic carbocycles. The van der Waals surface area contributed by atoms with Gasteiger partial charge in [0.15, 0.2) is 0 Å². The van der Waals surface area contributed by atoms with Gasteiger partial charge in [0.25, 0.3) is 0 Å². The van der Waals surface area contributed by atoms with Crippen LogP contribution in [0.3, 0.4) is 0 Å². The zero-order valence-corrected chi connectivity index (χ0v) is 18.1. The van der Waals surface area contributed by atoms with E-state index in [-0.39, 0.29) is 0 Å². The van der Waals surface area contributed by atoms with Gasteiger partial charge in [0.2, 0.25) is 5.95 Å². The van der Waals surface area contributed by atoms with Gasteiger partial charge < -0.3 is 16.4 Å². The van der Waals surface area contributed by atoms with E-state index in [0.29, 0.717) is 40.6 Å². The Morgan fingerprint density at radius 3 is 2.61 bits per heavy atom. The zero-order chi connectivity index (χ0) is 21.3. The van der Waals surface area contributed by atoms with Gasteiger partial charge in [0, 0.05) is 19.1 Å². The predicted molar refractivity (Wildman–Crippen MR) is 122 cm³/mol. The van der Waals surface area contributed by atoms with Crippen molar-refractivity contribution < 1.29 is 0 Å². The molecule has 162 valence electrons. The lowest BCUT2D eigenvalue weighted by Gasteiger charge is -2.59. The molecule has 1 aromatic carbocycles. The molecule has 0 spiro atoms. The van der Waals surface area contributed by atoms with Crippen molar-refractivity contribution >= 4 is 11.8 Å². The Morgan fingerprint density at radius 1 is 1.10 bits per heavy atom. The Hall–Kier alpha value is -2.65. The third-order valence-corrected chi connectivity index (χ3v) is 7.78. The number of aromatic nitrogens is 2. The molecule has 0 saturated heterocycles. The SMILES string of the molecule is N#Cc1cnc(NCCCc2ccccc2)nc1NCC12CC3C[C@H](C1)C(N)[C@@H](C3)C2. The van der Waals surface area contributed by atoms with E-state index >= 15 is 0 Å². The highest BCUT2D eigenvalue weighted by atomic mass is 15.1. The molecule has 6 heteroatoms. The maximum absolute atomic E-state index is 9.54.